The van der Waals surface area contributed by atoms with Crippen LogP contribution in [-0.2, 0) is 11.2 Å². The lowest BCUT2D eigenvalue weighted by atomic mass is 9.98. The largest absolute Gasteiger partial charge is 0.344 e. The number of carbonyl (C=O) groups excluding carboxylic acids is 2. The summed E-state index contributed by atoms with van der Waals surface area (Å²) in [5.74, 6) is -0.189. The Labute approximate surface area is 142 Å². The Morgan fingerprint density at radius 3 is 2.54 bits per heavy atom. The van der Waals surface area contributed by atoms with Gasteiger partial charge in [0.15, 0.2) is 0 Å². The molecular formula is C20H22N2O2. The highest BCUT2D eigenvalue weighted by molar-refractivity contribution is 5.99. The minimum atomic E-state index is -0.407. The Morgan fingerprint density at radius 1 is 1.17 bits per heavy atom. The summed E-state index contributed by atoms with van der Waals surface area (Å²) < 4.78 is 0. The number of nitrogens with one attached hydrogen (secondary N) is 1. The van der Waals surface area contributed by atoms with Gasteiger partial charge in [-0.1, -0.05) is 48.0 Å². The Morgan fingerprint density at radius 2 is 1.88 bits per heavy atom. The van der Waals surface area contributed by atoms with Crippen molar-refractivity contribution < 1.29 is 9.59 Å². The summed E-state index contributed by atoms with van der Waals surface area (Å²) in [7, 11) is 1.76. The third-order valence-electron chi connectivity index (χ3n) is 4.51. The van der Waals surface area contributed by atoms with Gasteiger partial charge >= 0.3 is 0 Å². The standard InChI is InChI=1S/C20H22N2O2/c1-14-7-9-15(10-8-14)13-16-5-3-4-6-17(16)19(23)21-18-11-12-22(2)20(18)24/h3-10,18H,11-13H2,1-2H3,(H,21,23)/t18-/m1/s1. The average Bonchev–Trinajstić information content (AvgIpc) is 2.89. The lowest BCUT2D eigenvalue weighted by Crippen LogP contribution is -2.40. The normalized spacial score (nSPS) is 17.2. The van der Waals surface area contributed by atoms with E-state index >= 15 is 0 Å². The number of hydrogen-bond donors (Lipinski definition) is 1. The molecule has 1 aliphatic heterocycles. The van der Waals surface area contributed by atoms with Crippen molar-refractivity contribution in [1.82, 2.24) is 10.2 Å². The number of nitrogens with zero attached hydrogens (tertiary/aromatic N) is 1. The highest BCUT2D eigenvalue weighted by atomic mass is 16.2. The third-order valence-corrected chi connectivity index (χ3v) is 4.51. The van der Waals surface area contributed by atoms with E-state index in [0.717, 1.165) is 11.1 Å². The van der Waals surface area contributed by atoms with Crippen LogP contribution < -0.4 is 5.32 Å². The van der Waals surface area contributed by atoms with E-state index in [1.165, 1.54) is 5.56 Å². The van der Waals surface area contributed by atoms with E-state index in [2.05, 4.69) is 36.5 Å². The van der Waals surface area contributed by atoms with Crippen molar-refractivity contribution in [2.45, 2.75) is 25.8 Å². The van der Waals surface area contributed by atoms with E-state index in [0.29, 0.717) is 24.9 Å². The molecule has 1 saturated heterocycles. The number of carbonyl (C=O) groups is 2. The van der Waals surface area contributed by atoms with Crippen LogP contribution in [0.25, 0.3) is 0 Å². The van der Waals surface area contributed by atoms with Gasteiger partial charge in [0.25, 0.3) is 5.91 Å². The van der Waals surface area contributed by atoms with Gasteiger partial charge in [-0.25, -0.2) is 0 Å². The second-order valence-corrected chi connectivity index (χ2v) is 6.39. The predicted molar refractivity (Wildman–Crippen MR) is 93.9 cm³/mol. The van der Waals surface area contributed by atoms with Crippen molar-refractivity contribution in [1.29, 1.82) is 0 Å². The van der Waals surface area contributed by atoms with Crippen LogP contribution in [0.5, 0.6) is 0 Å². The molecule has 0 radical (unpaired) electrons. The molecule has 1 fully saturated rings. The van der Waals surface area contributed by atoms with Crippen molar-refractivity contribution in [3.8, 4) is 0 Å². The minimum Gasteiger partial charge on any atom is -0.344 e. The van der Waals surface area contributed by atoms with E-state index in [4.69, 9.17) is 0 Å². The topological polar surface area (TPSA) is 49.4 Å². The van der Waals surface area contributed by atoms with Gasteiger partial charge in [0.2, 0.25) is 5.91 Å². The van der Waals surface area contributed by atoms with Crippen molar-refractivity contribution in [2.75, 3.05) is 13.6 Å². The van der Waals surface area contributed by atoms with Crippen molar-refractivity contribution in [3.05, 3.63) is 70.8 Å². The quantitative estimate of drug-likeness (QED) is 0.940. The molecule has 0 spiro atoms. The molecule has 124 valence electrons. The summed E-state index contributed by atoms with van der Waals surface area (Å²) in [5.41, 5.74) is 3.99. The molecule has 4 heteroatoms. The Bertz CT molecular complexity index is 752. The van der Waals surface area contributed by atoms with Crippen LogP contribution in [0, 0.1) is 6.92 Å². The van der Waals surface area contributed by atoms with E-state index in [1.54, 1.807) is 11.9 Å². The molecule has 4 nitrogen and oxygen atoms in total. The van der Waals surface area contributed by atoms with Crippen molar-refractivity contribution in [2.24, 2.45) is 0 Å². The van der Waals surface area contributed by atoms with Gasteiger partial charge in [-0.3, -0.25) is 9.59 Å². The molecular weight excluding hydrogens is 300 g/mol. The first-order valence-electron chi connectivity index (χ1n) is 8.24. The first-order valence-corrected chi connectivity index (χ1v) is 8.24. The minimum absolute atomic E-state index is 0.0145. The van der Waals surface area contributed by atoms with Gasteiger partial charge < -0.3 is 10.2 Å². The molecule has 24 heavy (non-hydrogen) atoms. The average molecular weight is 322 g/mol. The van der Waals surface area contributed by atoms with Crippen molar-refractivity contribution in [3.63, 3.8) is 0 Å². The molecule has 1 atom stereocenters. The number of amides is 2. The molecule has 1 heterocycles. The number of hydrogen-bond acceptors (Lipinski definition) is 2. The maximum absolute atomic E-state index is 12.6. The first kappa shape index (κ1) is 16.2. The number of likely N-dealkylation sites (tertiary alicyclic amines) is 1. The lowest BCUT2D eigenvalue weighted by molar-refractivity contribution is -0.128. The zero-order chi connectivity index (χ0) is 17.1. The van der Waals surface area contributed by atoms with E-state index < -0.39 is 6.04 Å². The van der Waals surface area contributed by atoms with E-state index in [9.17, 15) is 9.59 Å². The van der Waals surface area contributed by atoms with Crippen LogP contribution in [0.1, 0.15) is 33.5 Å². The molecule has 1 N–H and O–H groups in total. The summed E-state index contributed by atoms with van der Waals surface area (Å²) in [5, 5.41) is 2.88. The molecule has 0 aromatic heterocycles. The molecule has 0 unspecified atom stereocenters. The predicted octanol–water partition coefficient (Wildman–Crippen LogP) is 2.55. The van der Waals surface area contributed by atoms with Gasteiger partial charge in [0.1, 0.15) is 6.04 Å². The number of rotatable bonds is 4. The monoisotopic (exact) mass is 322 g/mol. The van der Waals surface area contributed by atoms with E-state index in [1.807, 2.05) is 24.3 Å². The first-order chi connectivity index (χ1) is 11.5. The van der Waals surface area contributed by atoms with Gasteiger partial charge in [0.05, 0.1) is 0 Å². The van der Waals surface area contributed by atoms with Crippen LogP contribution >= 0.6 is 0 Å². The Balaban J connectivity index is 1.77. The molecule has 0 saturated carbocycles. The van der Waals surface area contributed by atoms with Crippen molar-refractivity contribution >= 4 is 11.8 Å². The van der Waals surface area contributed by atoms with E-state index in [-0.39, 0.29) is 11.8 Å². The van der Waals surface area contributed by atoms with Gasteiger partial charge in [-0.05, 0) is 37.0 Å². The maximum atomic E-state index is 12.6. The lowest BCUT2D eigenvalue weighted by Gasteiger charge is -2.14. The summed E-state index contributed by atoms with van der Waals surface area (Å²) in [6.07, 6.45) is 1.36. The summed E-state index contributed by atoms with van der Waals surface area (Å²) in [6.45, 7) is 2.75. The number of benzene rings is 2. The Kier molecular flexibility index (Phi) is 4.65. The van der Waals surface area contributed by atoms with Crippen LogP contribution in [0.15, 0.2) is 48.5 Å². The molecule has 2 aromatic carbocycles. The SMILES string of the molecule is Cc1ccc(Cc2ccccc2C(=O)N[C@@H]2CCN(C)C2=O)cc1. The van der Waals surface area contributed by atoms with Gasteiger partial charge in [-0.15, -0.1) is 0 Å². The zero-order valence-electron chi connectivity index (χ0n) is 14.1. The molecule has 2 aromatic rings. The third kappa shape index (κ3) is 3.48. The highest BCUT2D eigenvalue weighted by Crippen LogP contribution is 2.16. The second-order valence-electron chi connectivity index (χ2n) is 6.39. The van der Waals surface area contributed by atoms with Crippen LogP contribution in [0.2, 0.25) is 0 Å². The second kappa shape index (κ2) is 6.87. The fourth-order valence-electron chi connectivity index (χ4n) is 3.01. The van der Waals surface area contributed by atoms with Gasteiger partial charge in [0, 0.05) is 19.2 Å². The maximum Gasteiger partial charge on any atom is 0.252 e. The molecule has 3 rings (SSSR count). The molecule has 2 amide bonds. The Hall–Kier alpha value is -2.62. The number of aryl methyl sites for hydroxylation is 1. The fraction of sp³-hybridized carbons (Fsp3) is 0.300. The van der Waals surface area contributed by atoms with Crippen LogP contribution in [-0.4, -0.2) is 36.3 Å². The fourth-order valence-corrected chi connectivity index (χ4v) is 3.01. The van der Waals surface area contributed by atoms with Crippen LogP contribution in [0.3, 0.4) is 0 Å². The number of likely N-dealkylation sites (N-methyl/N-ethyl adjacent to an activating group) is 1. The highest BCUT2D eigenvalue weighted by Gasteiger charge is 2.30. The molecule has 0 bridgehead atoms. The van der Waals surface area contributed by atoms with Gasteiger partial charge in [-0.2, -0.15) is 0 Å². The molecule has 1 aliphatic rings. The summed E-state index contributed by atoms with van der Waals surface area (Å²) >= 11 is 0. The van der Waals surface area contributed by atoms with Crippen LogP contribution in [0.4, 0.5) is 0 Å². The zero-order valence-corrected chi connectivity index (χ0v) is 14.1. The summed E-state index contributed by atoms with van der Waals surface area (Å²) in [6, 6.07) is 15.5. The smallest absolute Gasteiger partial charge is 0.252 e. The molecule has 0 aliphatic carbocycles. The summed E-state index contributed by atoms with van der Waals surface area (Å²) in [4.78, 5) is 26.3.